The second-order valence-corrected chi connectivity index (χ2v) is 2.97. The van der Waals surface area contributed by atoms with Gasteiger partial charge in [-0.25, -0.2) is 0 Å². The molecule has 0 bridgehead atoms. The van der Waals surface area contributed by atoms with E-state index in [-0.39, 0.29) is 5.91 Å². The molecule has 0 aliphatic rings. The lowest BCUT2D eigenvalue weighted by Crippen LogP contribution is -2.18. The first-order valence-electron chi connectivity index (χ1n) is 4.26. The number of aromatic nitrogens is 3. The number of aryl methyl sites for hydroxylation is 1. The van der Waals surface area contributed by atoms with E-state index in [4.69, 9.17) is 0 Å². The lowest BCUT2D eigenvalue weighted by atomic mass is 10.2. The van der Waals surface area contributed by atoms with Crippen molar-refractivity contribution < 1.29 is 4.79 Å². The smallest absolute Gasteiger partial charge is 0.252 e. The van der Waals surface area contributed by atoms with Gasteiger partial charge in [-0.3, -0.25) is 9.20 Å². The highest BCUT2D eigenvalue weighted by Crippen LogP contribution is 2.05. The lowest BCUT2D eigenvalue weighted by Gasteiger charge is -2.00. The minimum absolute atomic E-state index is 0.111. The van der Waals surface area contributed by atoms with E-state index >= 15 is 0 Å². The number of rotatable bonds is 1. The second-order valence-electron chi connectivity index (χ2n) is 2.97. The maximum Gasteiger partial charge on any atom is 0.252 e. The van der Waals surface area contributed by atoms with Crippen LogP contribution in [0.15, 0.2) is 18.3 Å². The van der Waals surface area contributed by atoms with Crippen LogP contribution in [0.25, 0.3) is 5.65 Å². The molecule has 0 saturated carbocycles. The normalized spacial score (nSPS) is 10.4. The molecule has 0 spiro atoms. The minimum atomic E-state index is -0.111. The number of fused-ring (bicyclic) bond motifs is 1. The highest BCUT2D eigenvalue weighted by atomic mass is 16.1. The maximum absolute atomic E-state index is 11.3. The first-order chi connectivity index (χ1) is 6.72. The van der Waals surface area contributed by atoms with Crippen molar-refractivity contribution >= 4 is 11.6 Å². The molecule has 1 amide bonds. The second kappa shape index (κ2) is 3.10. The number of pyridine rings is 1. The van der Waals surface area contributed by atoms with Crippen molar-refractivity contribution in [2.45, 2.75) is 6.92 Å². The van der Waals surface area contributed by atoms with Crippen LogP contribution in [0.2, 0.25) is 0 Å². The molecule has 0 atom stereocenters. The van der Waals surface area contributed by atoms with Gasteiger partial charge in [0, 0.05) is 13.2 Å². The number of hydrogen-bond acceptors (Lipinski definition) is 3. The van der Waals surface area contributed by atoms with Gasteiger partial charge in [0.1, 0.15) is 5.82 Å². The highest BCUT2D eigenvalue weighted by molar-refractivity contribution is 5.93. The fourth-order valence-corrected chi connectivity index (χ4v) is 1.28. The molecular weight excluding hydrogens is 180 g/mol. The Morgan fingerprint density at radius 2 is 2.21 bits per heavy atom. The summed E-state index contributed by atoms with van der Waals surface area (Å²) in [6, 6.07) is 3.49. The first kappa shape index (κ1) is 8.68. The van der Waals surface area contributed by atoms with E-state index in [1.807, 2.05) is 6.92 Å². The van der Waals surface area contributed by atoms with Crippen LogP contribution < -0.4 is 5.32 Å². The number of amides is 1. The minimum Gasteiger partial charge on any atom is -0.355 e. The average Bonchev–Trinajstić information content (AvgIpc) is 2.59. The fraction of sp³-hybridized carbons (Fsp3) is 0.222. The Labute approximate surface area is 80.8 Å². The Kier molecular flexibility index (Phi) is 1.92. The first-order valence-corrected chi connectivity index (χ1v) is 4.26. The quantitative estimate of drug-likeness (QED) is 0.708. The van der Waals surface area contributed by atoms with Crippen molar-refractivity contribution in [3.8, 4) is 0 Å². The van der Waals surface area contributed by atoms with Gasteiger partial charge in [0.05, 0.1) is 5.56 Å². The van der Waals surface area contributed by atoms with E-state index in [1.165, 1.54) is 0 Å². The molecule has 0 aliphatic heterocycles. The van der Waals surface area contributed by atoms with Crippen molar-refractivity contribution in [2.75, 3.05) is 7.05 Å². The van der Waals surface area contributed by atoms with Crippen molar-refractivity contribution in [3.05, 3.63) is 29.7 Å². The zero-order chi connectivity index (χ0) is 10.1. The highest BCUT2D eigenvalue weighted by Gasteiger charge is 2.06. The van der Waals surface area contributed by atoms with Gasteiger partial charge in [0.25, 0.3) is 5.91 Å². The number of carbonyl (C=O) groups is 1. The third kappa shape index (κ3) is 1.22. The molecule has 2 heterocycles. The molecule has 5 nitrogen and oxygen atoms in total. The van der Waals surface area contributed by atoms with Gasteiger partial charge in [-0.1, -0.05) is 0 Å². The van der Waals surface area contributed by atoms with Crippen LogP contribution in [0.3, 0.4) is 0 Å². The Hall–Kier alpha value is -1.91. The summed E-state index contributed by atoms with van der Waals surface area (Å²) in [7, 11) is 1.60. The van der Waals surface area contributed by atoms with Gasteiger partial charge >= 0.3 is 0 Å². The summed E-state index contributed by atoms with van der Waals surface area (Å²) in [6.07, 6.45) is 1.73. The fourth-order valence-electron chi connectivity index (χ4n) is 1.28. The lowest BCUT2D eigenvalue weighted by molar-refractivity contribution is 0.0962. The third-order valence-electron chi connectivity index (χ3n) is 2.06. The van der Waals surface area contributed by atoms with E-state index in [0.717, 1.165) is 11.5 Å². The molecule has 1 N–H and O–H groups in total. The van der Waals surface area contributed by atoms with E-state index in [2.05, 4.69) is 15.5 Å². The summed E-state index contributed by atoms with van der Waals surface area (Å²) >= 11 is 0. The van der Waals surface area contributed by atoms with Crippen LogP contribution in [0.5, 0.6) is 0 Å². The van der Waals surface area contributed by atoms with Crippen molar-refractivity contribution in [3.63, 3.8) is 0 Å². The van der Waals surface area contributed by atoms with Crippen molar-refractivity contribution in [2.24, 2.45) is 0 Å². The van der Waals surface area contributed by atoms with Gasteiger partial charge in [0.2, 0.25) is 0 Å². The molecule has 0 unspecified atom stereocenters. The van der Waals surface area contributed by atoms with Gasteiger partial charge < -0.3 is 5.32 Å². The van der Waals surface area contributed by atoms with Gasteiger partial charge in [-0.2, -0.15) is 0 Å². The van der Waals surface area contributed by atoms with Crippen LogP contribution in [0.4, 0.5) is 0 Å². The zero-order valence-electron chi connectivity index (χ0n) is 7.98. The number of nitrogens with zero attached hydrogens (tertiary/aromatic N) is 3. The summed E-state index contributed by atoms with van der Waals surface area (Å²) in [5.74, 6) is 0.658. The topological polar surface area (TPSA) is 59.3 Å². The van der Waals surface area contributed by atoms with Crippen LogP contribution in [-0.2, 0) is 0 Å². The van der Waals surface area contributed by atoms with Crippen LogP contribution in [0.1, 0.15) is 16.2 Å². The maximum atomic E-state index is 11.3. The molecule has 0 radical (unpaired) electrons. The van der Waals surface area contributed by atoms with Gasteiger partial charge in [0.15, 0.2) is 5.65 Å². The van der Waals surface area contributed by atoms with E-state index in [1.54, 1.807) is 29.8 Å². The zero-order valence-corrected chi connectivity index (χ0v) is 7.98. The van der Waals surface area contributed by atoms with Crippen molar-refractivity contribution in [1.82, 2.24) is 19.9 Å². The molecule has 5 heteroatoms. The number of nitrogens with one attached hydrogen (secondary N) is 1. The van der Waals surface area contributed by atoms with Crippen LogP contribution >= 0.6 is 0 Å². The Balaban J connectivity index is 2.60. The SMILES string of the molecule is CNC(=O)c1ccc2nnc(C)n2c1. The molecule has 0 fully saturated rings. The molecule has 0 saturated heterocycles. The Bertz CT molecular complexity index is 489. The van der Waals surface area contributed by atoms with Crippen molar-refractivity contribution in [1.29, 1.82) is 0 Å². The van der Waals surface area contributed by atoms with Gasteiger partial charge in [-0.15, -0.1) is 10.2 Å². The summed E-state index contributed by atoms with van der Waals surface area (Å²) in [4.78, 5) is 11.3. The molecule has 0 aromatic carbocycles. The third-order valence-corrected chi connectivity index (χ3v) is 2.06. The molecular formula is C9H10N4O. The van der Waals surface area contributed by atoms with E-state index < -0.39 is 0 Å². The molecule has 2 aromatic rings. The van der Waals surface area contributed by atoms with Gasteiger partial charge in [-0.05, 0) is 19.1 Å². The summed E-state index contributed by atoms with van der Waals surface area (Å²) in [6.45, 7) is 1.84. The largest absolute Gasteiger partial charge is 0.355 e. The summed E-state index contributed by atoms with van der Waals surface area (Å²) in [5, 5.41) is 10.4. The van der Waals surface area contributed by atoms with E-state index in [0.29, 0.717) is 5.56 Å². The number of carbonyl (C=O) groups excluding carboxylic acids is 1. The molecule has 2 rings (SSSR count). The molecule has 0 aliphatic carbocycles. The standard InChI is InChI=1S/C9H10N4O/c1-6-11-12-8-4-3-7(5-13(6)8)9(14)10-2/h3-5H,1-2H3,(H,10,14). The predicted octanol–water partition coefficient (Wildman–Crippen LogP) is 0.397. The molecule has 72 valence electrons. The Morgan fingerprint density at radius 3 is 2.93 bits per heavy atom. The predicted molar refractivity (Wildman–Crippen MR) is 51.1 cm³/mol. The summed E-state index contributed by atoms with van der Waals surface area (Å²) < 4.78 is 1.78. The Morgan fingerprint density at radius 1 is 1.43 bits per heavy atom. The molecule has 14 heavy (non-hydrogen) atoms. The summed E-state index contributed by atoms with van der Waals surface area (Å²) in [5.41, 5.74) is 1.35. The molecule has 2 aromatic heterocycles. The van der Waals surface area contributed by atoms with Crippen LogP contribution in [0, 0.1) is 6.92 Å². The monoisotopic (exact) mass is 190 g/mol. The average molecular weight is 190 g/mol. The van der Waals surface area contributed by atoms with E-state index in [9.17, 15) is 4.79 Å². The van der Waals surface area contributed by atoms with Crippen LogP contribution in [-0.4, -0.2) is 27.6 Å². The number of hydrogen-bond donors (Lipinski definition) is 1.